The highest BCUT2D eigenvalue weighted by molar-refractivity contribution is 8.03. The lowest BCUT2D eigenvalue weighted by Crippen LogP contribution is -2.66. The highest BCUT2D eigenvalue weighted by Crippen LogP contribution is 2.52. The normalized spacial score (nSPS) is 28.6. The van der Waals surface area contributed by atoms with Crippen molar-refractivity contribution >= 4 is 39.6 Å². The van der Waals surface area contributed by atoms with Gasteiger partial charge in [-0.1, -0.05) is 6.92 Å². The number of nitrogens with one attached hydrogen (secondary N) is 2. The van der Waals surface area contributed by atoms with Crippen molar-refractivity contribution in [2.24, 2.45) is 11.8 Å². The highest BCUT2D eigenvalue weighted by Gasteiger charge is 2.60. The molecule has 3 aliphatic rings. The maximum atomic E-state index is 13.2. The lowest BCUT2D eigenvalue weighted by molar-refractivity contribution is -0.157. The van der Waals surface area contributed by atoms with Crippen molar-refractivity contribution in [1.82, 2.24) is 19.8 Å². The van der Waals surface area contributed by atoms with E-state index in [0.29, 0.717) is 17.9 Å². The number of hydrogen-bond donors (Lipinski definition) is 3. The van der Waals surface area contributed by atoms with E-state index in [9.17, 15) is 32.3 Å². The summed E-state index contributed by atoms with van der Waals surface area (Å²) >= 11 is 1.36. The number of hydrogen-bond acceptors (Lipinski definition) is 7. The van der Waals surface area contributed by atoms with Gasteiger partial charge in [0.15, 0.2) is 0 Å². The van der Waals surface area contributed by atoms with Crippen LogP contribution in [0.4, 0.5) is 4.39 Å². The van der Waals surface area contributed by atoms with Gasteiger partial charge in [0, 0.05) is 42.8 Å². The van der Waals surface area contributed by atoms with E-state index in [4.69, 9.17) is 0 Å². The molecule has 196 valence electrons. The zero-order chi connectivity index (χ0) is 26.5. The van der Waals surface area contributed by atoms with Gasteiger partial charge in [0.1, 0.15) is 11.5 Å². The Labute approximate surface area is 213 Å². The van der Waals surface area contributed by atoms with Crippen LogP contribution in [-0.2, 0) is 24.4 Å². The minimum atomic E-state index is -4.02. The Kier molecular flexibility index (Phi) is 7.21. The maximum absolute atomic E-state index is 13.2. The molecule has 2 amide bonds. The molecule has 0 aliphatic carbocycles. The molecule has 2 fully saturated rings. The van der Waals surface area contributed by atoms with Crippen LogP contribution in [0.5, 0.6) is 0 Å². The first-order valence-electron chi connectivity index (χ1n) is 11.5. The van der Waals surface area contributed by atoms with Crippen LogP contribution >= 0.6 is 11.8 Å². The average Bonchev–Trinajstić information content (AvgIpc) is 3.35. The molecule has 0 saturated carbocycles. The summed E-state index contributed by atoms with van der Waals surface area (Å²) < 4.78 is 41.3. The fourth-order valence-electron chi connectivity index (χ4n) is 5.17. The number of benzene rings is 1. The quantitative estimate of drug-likeness (QED) is 0.413. The second-order valence-electron chi connectivity index (χ2n) is 9.56. The average molecular weight is 541 g/mol. The monoisotopic (exact) mass is 540 g/mol. The molecule has 0 radical (unpaired) electrons. The number of carbonyl (C=O) groups excluding carboxylic acids is 2. The standard InChI is InChI=1S/C23H29FN4O6S2/c1-11-18-17(12(2)26-36(33,34)15-7-5-13(24)6-8-15)22(30)28(18)19(23(31)32)20(11)35-14-9-16(25-10-14)21(29)27(3)4/h5-8,11-12,14,16-18,25-26H,9-10H2,1-4H3,(H,31,32)/t11-,12?,14+,16+,17-,18-/m1/s1. The molecule has 4 rings (SSSR count). The Morgan fingerprint density at radius 1 is 1.28 bits per heavy atom. The maximum Gasteiger partial charge on any atom is 0.353 e. The topological polar surface area (TPSA) is 136 Å². The van der Waals surface area contributed by atoms with Crippen molar-refractivity contribution in [1.29, 1.82) is 0 Å². The Morgan fingerprint density at radius 2 is 1.92 bits per heavy atom. The van der Waals surface area contributed by atoms with E-state index in [1.165, 1.54) is 21.6 Å². The van der Waals surface area contributed by atoms with E-state index in [1.54, 1.807) is 21.0 Å². The van der Waals surface area contributed by atoms with Crippen LogP contribution in [-0.4, -0.2) is 85.1 Å². The number of aliphatic carboxylic acids is 1. The molecule has 0 aromatic heterocycles. The van der Waals surface area contributed by atoms with Crippen LogP contribution in [0.3, 0.4) is 0 Å². The molecule has 13 heteroatoms. The molecule has 3 heterocycles. The smallest absolute Gasteiger partial charge is 0.353 e. The van der Waals surface area contributed by atoms with Crippen LogP contribution in [0.1, 0.15) is 20.3 Å². The number of nitrogens with zero attached hydrogens (tertiary/aromatic N) is 2. The number of thioether (sulfide) groups is 1. The van der Waals surface area contributed by atoms with Crippen LogP contribution in [0, 0.1) is 17.7 Å². The molecule has 0 bridgehead atoms. The predicted molar refractivity (Wildman–Crippen MR) is 131 cm³/mol. The molecule has 1 aromatic carbocycles. The van der Waals surface area contributed by atoms with Gasteiger partial charge in [-0.3, -0.25) is 9.59 Å². The van der Waals surface area contributed by atoms with E-state index in [2.05, 4.69) is 10.0 Å². The van der Waals surface area contributed by atoms with Gasteiger partial charge in [-0.25, -0.2) is 22.3 Å². The molecular formula is C23H29FN4O6S2. The minimum Gasteiger partial charge on any atom is -0.477 e. The number of carbonyl (C=O) groups is 3. The number of fused-ring (bicyclic) bond motifs is 1. The number of amides is 2. The van der Waals surface area contributed by atoms with Crippen molar-refractivity contribution < 1.29 is 32.3 Å². The summed E-state index contributed by atoms with van der Waals surface area (Å²) in [4.78, 5) is 40.7. The van der Waals surface area contributed by atoms with Gasteiger partial charge in [0.25, 0.3) is 0 Å². The number of carboxylic acids is 1. The lowest BCUT2D eigenvalue weighted by Gasteiger charge is -2.47. The predicted octanol–water partition coefficient (Wildman–Crippen LogP) is 0.817. The third kappa shape index (κ3) is 4.64. The van der Waals surface area contributed by atoms with Gasteiger partial charge in [-0.15, -0.1) is 11.8 Å². The largest absolute Gasteiger partial charge is 0.477 e. The SMILES string of the molecule is CC(NS(=O)(=O)c1ccc(F)cc1)[C@H]1C(=O)N2C(C(=O)O)=C(S[C@@H]3CN[C@H](C(=O)N(C)C)C3)[C@H](C)[C@H]12. The van der Waals surface area contributed by atoms with Crippen molar-refractivity contribution in [3.05, 3.63) is 40.7 Å². The van der Waals surface area contributed by atoms with Crippen molar-refractivity contribution in [2.45, 2.75) is 48.5 Å². The zero-order valence-corrected chi connectivity index (χ0v) is 21.9. The van der Waals surface area contributed by atoms with Gasteiger partial charge in [0.2, 0.25) is 21.8 Å². The Bertz CT molecular complexity index is 1220. The van der Waals surface area contributed by atoms with Crippen LogP contribution in [0.15, 0.2) is 39.8 Å². The summed E-state index contributed by atoms with van der Waals surface area (Å²) in [6.07, 6.45) is 0.528. The fraction of sp³-hybridized carbons (Fsp3) is 0.522. The first kappa shape index (κ1) is 26.6. The third-order valence-electron chi connectivity index (χ3n) is 6.92. The molecule has 3 aliphatic heterocycles. The van der Waals surface area contributed by atoms with Gasteiger partial charge in [0.05, 0.1) is 22.9 Å². The Balaban J connectivity index is 1.50. The molecule has 10 nitrogen and oxygen atoms in total. The fourth-order valence-corrected chi connectivity index (χ4v) is 7.91. The number of β-lactam (4-membered cyclic amide) rings is 1. The minimum absolute atomic E-state index is 0.0487. The number of rotatable bonds is 8. The summed E-state index contributed by atoms with van der Waals surface area (Å²) in [5.41, 5.74) is -0.0743. The number of sulfonamides is 1. The number of carboxylic acid groups (broad SMARTS) is 1. The van der Waals surface area contributed by atoms with E-state index >= 15 is 0 Å². The zero-order valence-electron chi connectivity index (χ0n) is 20.3. The summed E-state index contributed by atoms with van der Waals surface area (Å²) in [6.45, 7) is 3.92. The van der Waals surface area contributed by atoms with E-state index < -0.39 is 45.7 Å². The lowest BCUT2D eigenvalue weighted by atomic mass is 9.78. The molecule has 6 atom stereocenters. The summed E-state index contributed by atoms with van der Waals surface area (Å²) in [7, 11) is -0.662. The van der Waals surface area contributed by atoms with Crippen LogP contribution < -0.4 is 10.0 Å². The van der Waals surface area contributed by atoms with E-state index in [-0.39, 0.29) is 33.7 Å². The van der Waals surface area contributed by atoms with Gasteiger partial charge < -0.3 is 20.2 Å². The number of halogens is 1. The molecule has 36 heavy (non-hydrogen) atoms. The van der Waals surface area contributed by atoms with Crippen molar-refractivity contribution in [2.75, 3.05) is 20.6 Å². The molecular weight excluding hydrogens is 511 g/mol. The molecule has 2 saturated heterocycles. The summed E-state index contributed by atoms with van der Waals surface area (Å²) in [5.74, 6) is -3.38. The highest BCUT2D eigenvalue weighted by atomic mass is 32.2. The van der Waals surface area contributed by atoms with Crippen LogP contribution in [0.2, 0.25) is 0 Å². The van der Waals surface area contributed by atoms with Gasteiger partial charge in [-0.05, 0) is 37.6 Å². The molecule has 0 spiro atoms. The second kappa shape index (κ2) is 9.77. The van der Waals surface area contributed by atoms with Gasteiger partial charge >= 0.3 is 5.97 Å². The first-order chi connectivity index (χ1) is 16.8. The number of likely N-dealkylation sites (N-methyl/N-ethyl adjacent to an activating group) is 1. The van der Waals surface area contributed by atoms with Crippen LogP contribution in [0.25, 0.3) is 0 Å². The summed E-state index contributed by atoms with van der Waals surface area (Å²) in [5, 5.41) is 13.1. The molecule has 3 N–H and O–H groups in total. The Hall–Kier alpha value is -2.48. The van der Waals surface area contributed by atoms with Crippen molar-refractivity contribution in [3.63, 3.8) is 0 Å². The summed E-state index contributed by atoms with van der Waals surface area (Å²) in [6, 6.07) is 2.68. The van der Waals surface area contributed by atoms with E-state index in [0.717, 1.165) is 24.3 Å². The molecule has 1 aromatic rings. The third-order valence-corrected chi connectivity index (χ3v) is 10.0. The first-order valence-corrected chi connectivity index (χ1v) is 13.9. The Morgan fingerprint density at radius 3 is 2.50 bits per heavy atom. The van der Waals surface area contributed by atoms with Gasteiger partial charge in [-0.2, -0.15) is 0 Å². The molecule has 1 unspecified atom stereocenters. The second-order valence-corrected chi connectivity index (χ2v) is 12.6. The van der Waals surface area contributed by atoms with E-state index in [1.807, 2.05) is 6.92 Å². The van der Waals surface area contributed by atoms with Crippen molar-refractivity contribution in [3.8, 4) is 0 Å².